The predicted molar refractivity (Wildman–Crippen MR) is 218 cm³/mol. The first-order chi connectivity index (χ1) is 26.0. The maximum atomic E-state index is 14.5. The number of aryl methyl sites for hydroxylation is 3. The second kappa shape index (κ2) is 14.8. The lowest BCUT2D eigenvalue weighted by Gasteiger charge is -2.35. The molecule has 2 unspecified atom stereocenters. The number of nitrogens with zero attached hydrogens (tertiary/aromatic N) is 5. The third-order valence-electron chi connectivity index (χ3n) is 10.8. The summed E-state index contributed by atoms with van der Waals surface area (Å²) >= 11 is 7.18. The molecular formula is C44H54ClN5O5. The van der Waals surface area contributed by atoms with Gasteiger partial charge in [-0.3, -0.25) is 9.58 Å². The van der Waals surface area contributed by atoms with E-state index in [9.17, 15) is 9.59 Å². The molecule has 0 radical (unpaired) electrons. The molecule has 1 amide bonds. The summed E-state index contributed by atoms with van der Waals surface area (Å²) in [6.45, 7) is 18.5. The van der Waals surface area contributed by atoms with E-state index in [1.165, 1.54) is 0 Å². The predicted octanol–water partition coefficient (Wildman–Crippen LogP) is 9.13. The van der Waals surface area contributed by atoms with Crippen molar-refractivity contribution in [3.8, 4) is 16.9 Å². The first-order valence-corrected chi connectivity index (χ1v) is 19.8. The Kier molecular flexibility index (Phi) is 10.5. The third kappa shape index (κ3) is 7.81. The van der Waals surface area contributed by atoms with Crippen LogP contribution in [0, 0.1) is 13.8 Å². The van der Waals surface area contributed by atoms with Crippen LogP contribution in [0.3, 0.4) is 0 Å². The van der Waals surface area contributed by atoms with Crippen LogP contribution in [0.25, 0.3) is 32.8 Å². The first kappa shape index (κ1) is 38.7. The van der Waals surface area contributed by atoms with Crippen molar-refractivity contribution in [1.29, 1.82) is 0 Å². The lowest BCUT2D eigenvalue weighted by molar-refractivity contribution is 0.00500. The van der Waals surface area contributed by atoms with Crippen LogP contribution in [0.1, 0.15) is 81.8 Å². The Labute approximate surface area is 329 Å². The number of fused-ring (bicyclic) bond motifs is 4. The molecule has 0 aliphatic carbocycles. The number of benzene rings is 3. The standard InChI is InChI=1S/C44H54ClN5O5/c1-27-37(28(2)47(9)46-27)38-35(45)20-19-34-33(17-13-23-53-36-18-12-15-29-14-10-11-16-32(29)36)40(41(51)54-43(3,4)5)49(39(34)38)22-21-48-25-31-24-30(48)26-50(31)42(52)55-44(6,7)8/h10-12,14-16,18-20,30-31H,13,17,21-26H2,1-9H3. The van der Waals surface area contributed by atoms with E-state index in [0.717, 1.165) is 68.5 Å². The summed E-state index contributed by atoms with van der Waals surface area (Å²) in [6, 6.07) is 18.6. The molecule has 0 saturated carbocycles. The van der Waals surface area contributed by atoms with Crippen molar-refractivity contribution in [2.45, 2.75) is 104 Å². The van der Waals surface area contributed by atoms with E-state index < -0.39 is 11.2 Å². The number of rotatable bonds is 10. The Morgan fingerprint density at radius 3 is 2.25 bits per heavy atom. The normalized spacial score (nSPS) is 17.5. The van der Waals surface area contributed by atoms with E-state index >= 15 is 0 Å². The summed E-state index contributed by atoms with van der Waals surface area (Å²) in [4.78, 5) is 31.9. The summed E-state index contributed by atoms with van der Waals surface area (Å²) in [5, 5.41) is 8.52. The van der Waals surface area contributed by atoms with Crippen molar-refractivity contribution < 1.29 is 23.8 Å². The number of aromatic nitrogens is 3. The molecular weight excluding hydrogens is 714 g/mol. The summed E-state index contributed by atoms with van der Waals surface area (Å²) in [6.07, 6.45) is 1.92. The largest absolute Gasteiger partial charge is 0.493 e. The number of halogens is 1. The van der Waals surface area contributed by atoms with Crippen LogP contribution in [0.15, 0.2) is 54.6 Å². The van der Waals surface area contributed by atoms with Gasteiger partial charge in [0.2, 0.25) is 0 Å². The third-order valence-corrected chi connectivity index (χ3v) is 11.1. The van der Waals surface area contributed by atoms with Crippen LogP contribution >= 0.6 is 11.6 Å². The zero-order valence-electron chi connectivity index (χ0n) is 33.7. The van der Waals surface area contributed by atoms with Gasteiger partial charge in [0.05, 0.1) is 22.8 Å². The number of ether oxygens (including phenoxy) is 3. The second-order valence-electron chi connectivity index (χ2n) is 17.1. The van der Waals surface area contributed by atoms with Gasteiger partial charge in [0.25, 0.3) is 0 Å². The van der Waals surface area contributed by atoms with Gasteiger partial charge in [-0.1, -0.05) is 54.1 Å². The number of hydrogen-bond donors (Lipinski definition) is 0. The van der Waals surface area contributed by atoms with Gasteiger partial charge in [0, 0.05) is 72.9 Å². The van der Waals surface area contributed by atoms with Crippen molar-refractivity contribution in [3.05, 3.63) is 82.3 Å². The molecule has 2 aliphatic heterocycles. The highest BCUT2D eigenvalue weighted by Crippen LogP contribution is 2.43. The van der Waals surface area contributed by atoms with Crippen LogP contribution in [-0.2, 0) is 29.5 Å². The summed E-state index contributed by atoms with van der Waals surface area (Å²) in [7, 11) is 1.94. The number of piperazine rings is 1. The van der Waals surface area contributed by atoms with Crippen LogP contribution in [0.4, 0.5) is 4.79 Å². The molecule has 7 rings (SSSR count). The Hall–Kier alpha value is -4.54. The van der Waals surface area contributed by atoms with Crippen molar-refractivity contribution in [2.24, 2.45) is 7.05 Å². The highest BCUT2D eigenvalue weighted by molar-refractivity contribution is 6.35. The smallest absolute Gasteiger partial charge is 0.410 e. The topological polar surface area (TPSA) is 91.1 Å². The van der Waals surface area contributed by atoms with Crippen molar-refractivity contribution in [2.75, 3.05) is 26.2 Å². The van der Waals surface area contributed by atoms with Gasteiger partial charge in [-0.05, 0) is 97.7 Å². The molecule has 2 atom stereocenters. The molecule has 2 fully saturated rings. The number of amides is 1. The molecule has 11 heteroatoms. The number of carbonyl (C=O) groups is 2. The maximum Gasteiger partial charge on any atom is 0.410 e. The minimum Gasteiger partial charge on any atom is -0.493 e. The molecule has 0 N–H and O–H groups in total. The van der Waals surface area contributed by atoms with E-state index in [4.69, 9.17) is 30.9 Å². The summed E-state index contributed by atoms with van der Waals surface area (Å²) < 4.78 is 22.3. The minimum atomic E-state index is -0.705. The molecule has 0 spiro atoms. The van der Waals surface area contributed by atoms with Crippen molar-refractivity contribution in [1.82, 2.24) is 24.1 Å². The Morgan fingerprint density at radius 2 is 1.58 bits per heavy atom. The number of hydrogen-bond acceptors (Lipinski definition) is 7. The molecule has 3 aromatic carbocycles. The maximum absolute atomic E-state index is 14.5. The average Bonchev–Trinajstić information content (AvgIpc) is 3.85. The zero-order valence-corrected chi connectivity index (χ0v) is 34.4. The van der Waals surface area contributed by atoms with E-state index in [-0.39, 0.29) is 24.1 Å². The second-order valence-corrected chi connectivity index (χ2v) is 17.5. The quantitative estimate of drug-likeness (QED) is 0.103. The molecule has 2 aromatic heterocycles. The Balaban J connectivity index is 1.26. The fourth-order valence-electron chi connectivity index (χ4n) is 8.45. The molecule has 292 valence electrons. The lowest BCUT2D eigenvalue weighted by Crippen LogP contribution is -2.50. The van der Waals surface area contributed by atoms with Crippen LogP contribution in [0.5, 0.6) is 5.75 Å². The Morgan fingerprint density at radius 1 is 0.855 bits per heavy atom. The molecule has 5 aromatic rings. The van der Waals surface area contributed by atoms with Crippen LogP contribution < -0.4 is 4.74 Å². The highest BCUT2D eigenvalue weighted by atomic mass is 35.5. The fraction of sp³-hybridized carbons (Fsp3) is 0.477. The summed E-state index contributed by atoms with van der Waals surface area (Å²) in [5.74, 6) is 0.476. The summed E-state index contributed by atoms with van der Waals surface area (Å²) in [5.41, 5.74) is 4.79. The van der Waals surface area contributed by atoms with Gasteiger partial charge in [0.1, 0.15) is 22.6 Å². The Bertz CT molecular complexity index is 2260. The zero-order chi connectivity index (χ0) is 39.4. The average molecular weight is 768 g/mol. The molecule has 10 nitrogen and oxygen atoms in total. The van der Waals surface area contributed by atoms with Gasteiger partial charge in [0.15, 0.2) is 0 Å². The molecule has 2 bridgehead atoms. The first-order valence-electron chi connectivity index (χ1n) is 19.4. The molecule has 2 aliphatic rings. The number of likely N-dealkylation sites (tertiary alicyclic amines) is 2. The van der Waals surface area contributed by atoms with E-state index in [2.05, 4.69) is 34.6 Å². The van der Waals surface area contributed by atoms with E-state index in [0.29, 0.717) is 49.8 Å². The van der Waals surface area contributed by atoms with Crippen LogP contribution in [0.2, 0.25) is 5.02 Å². The van der Waals surface area contributed by atoms with Gasteiger partial charge >= 0.3 is 12.1 Å². The fourth-order valence-corrected chi connectivity index (χ4v) is 8.70. The van der Waals surface area contributed by atoms with Gasteiger partial charge in [-0.25, -0.2) is 9.59 Å². The van der Waals surface area contributed by atoms with Crippen molar-refractivity contribution >= 4 is 45.3 Å². The van der Waals surface area contributed by atoms with Gasteiger partial charge in [-0.2, -0.15) is 5.10 Å². The minimum absolute atomic E-state index is 0.0922. The number of esters is 1. The molecule has 55 heavy (non-hydrogen) atoms. The van der Waals surface area contributed by atoms with E-state index in [1.54, 1.807) is 0 Å². The van der Waals surface area contributed by atoms with Gasteiger partial charge < -0.3 is 23.7 Å². The lowest BCUT2D eigenvalue weighted by atomic mass is 9.98. The molecule has 4 heterocycles. The van der Waals surface area contributed by atoms with Crippen molar-refractivity contribution in [3.63, 3.8) is 0 Å². The van der Waals surface area contributed by atoms with Gasteiger partial charge in [-0.15, -0.1) is 0 Å². The SMILES string of the molecule is Cc1nn(C)c(C)c1-c1c(Cl)ccc2c(CCCOc3cccc4ccccc34)c(C(=O)OC(C)(C)C)n(CCN3CC4CC3CN4C(=O)OC(C)(C)C)c12. The molecule has 2 saturated heterocycles. The highest BCUT2D eigenvalue weighted by Gasteiger charge is 2.46. The number of carbonyl (C=O) groups excluding carboxylic acids is 2. The van der Waals surface area contributed by atoms with E-state index in [1.807, 2.05) is 101 Å². The van der Waals surface area contributed by atoms with Crippen LogP contribution in [-0.4, -0.2) is 85.7 Å². The monoisotopic (exact) mass is 767 g/mol.